The van der Waals surface area contributed by atoms with Gasteiger partial charge in [-0.15, -0.1) is 11.8 Å². The second-order valence-electron chi connectivity index (χ2n) is 11.3. The number of nitrogens with one attached hydrogen (secondary N) is 1. The molecule has 0 saturated carbocycles. The number of anilines is 1. The maximum Gasteiger partial charge on any atom is 0.264 e. The molecule has 2 amide bonds. The van der Waals surface area contributed by atoms with E-state index in [1.807, 2.05) is 56.5 Å². The van der Waals surface area contributed by atoms with Gasteiger partial charge in [0.15, 0.2) is 0 Å². The summed E-state index contributed by atoms with van der Waals surface area (Å²) >= 11 is 7.84. The number of ether oxygens (including phenoxy) is 1. The van der Waals surface area contributed by atoms with Crippen molar-refractivity contribution in [3.63, 3.8) is 0 Å². The molecule has 0 aliphatic heterocycles. The molecule has 4 aromatic carbocycles. The molecule has 0 unspecified atom stereocenters. The maximum absolute atomic E-state index is 14.7. The molecular weight excluding hydrogens is 666 g/mol. The number of amides is 2. The van der Waals surface area contributed by atoms with Crippen LogP contribution < -0.4 is 14.4 Å². The first-order valence-corrected chi connectivity index (χ1v) is 18.9. The van der Waals surface area contributed by atoms with Crippen LogP contribution in [0, 0.1) is 0 Å². The number of hydrogen-bond acceptors (Lipinski definition) is 6. The van der Waals surface area contributed by atoms with Gasteiger partial charge in [-0.25, -0.2) is 8.42 Å². The molecule has 4 aromatic rings. The van der Waals surface area contributed by atoms with Crippen LogP contribution in [0.1, 0.15) is 38.3 Å². The Hall–Kier alpha value is -3.99. The standard InChI is InChI=1S/C37H42ClN3O5S2/c1-5-27(3)39-37(43)34(24-28-13-8-7-9-14-28)40(25-29-15-12-16-30(38)23-29)36(42)26-41(33-17-10-11-18-35(33)46-6-2)48(44,45)32-21-19-31(47-4)20-22-32/h7-23,27,34H,5-6,24-26H2,1-4H3,(H,39,43)/t27-,34+/m0/s1. The molecule has 0 bridgehead atoms. The predicted molar refractivity (Wildman–Crippen MR) is 194 cm³/mol. The highest BCUT2D eigenvalue weighted by molar-refractivity contribution is 7.98. The highest BCUT2D eigenvalue weighted by Gasteiger charge is 2.36. The number of nitrogens with zero attached hydrogens (tertiary/aromatic N) is 2. The van der Waals surface area contributed by atoms with Gasteiger partial charge < -0.3 is 15.0 Å². The molecule has 0 radical (unpaired) electrons. The fraction of sp³-hybridized carbons (Fsp3) is 0.297. The van der Waals surface area contributed by atoms with Gasteiger partial charge in [-0.1, -0.05) is 73.1 Å². The maximum atomic E-state index is 14.7. The zero-order valence-electron chi connectivity index (χ0n) is 27.6. The monoisotopic (exact) mass is 707 g/mol. The van der Waals surface area contributed by atoms with Crippen LogP contribution in [0.3, 0.4) is 0 Å². The van der Waals surface area contributed by atoms with Gasteiger partial charge in [0.2, 0.25) is 11.8 Å². The molecule has 8 nitrogen and oxygen atoms in total. The van der Waals surface area contributed by atoms with E-state index >= 15 is 0 Å². The summed E-state index contributed by atoms with van der Waals surface area (Å²) in [5.74, 6) is -0.583. The number of halogens is 1. The minimum atomic E-state index is -4.28. The molecule has 0 saturated heterocycles. The van der Waals surface area contributed by atoms with Gasteiger partial charge in [0, 0.05) is 28.9 Å². The second-order valence-corrected chi connectivity index (χ2v) is 14.4. The van der Waals surface area contributed by atoms with E-state index in [2.05, 4.69) is 5.32 Å². The molecule has 2 atom stereocenters. The first kappa shape index (κ1) is 36.8. The first-order chi connectivity index (χ1) is 23.1. The summed E-state index contributed by atoms with van der Waals surface area (Å²) in [5.41, 5.74) is 1.76. The lowest BCUT2D eigenvalue weighted by molar-refractivity contribution is -0.140. The van der Waals surface area contributed by atoms with Crippen molar-refractivity contribution in [3.8, 4) is 5.75 Å². The minimum Gasteiger partial charge on any atom is -0.492 e. The fourth-order valence-corrected chi connectivity index (χ4v) is 7.20. The molecule has 0 fully saturated rings. The van der Waals surface area contributed by atoms with Gasteiger partial charge in [-0.3, -0.25) is 13.9 Å². The van der Waals surface area contributed by atoms with Crippen LogP contribution in [0.15, 0.2) is 113 Å². The average molecular weight is 708 g/mol. The highest BCUT2D eigenvalue weighted by Crippen LogP contribution is 2.33. The summed E-state index contributed by atoms with van der Waals surface area (Å²) in [6.07, 6.45) is 2.82. The van der Waals surface area contributed by atoms with Gasteiger partial charge >= 0.3 is 0 Å². The Balaban J connectivity index is 1.85. The van der Waals surface area contributed by atoms with Crippen molar-refractivity contribution in [1.82, 2.24) is 10.2 Å². The fourth-order valence-electron chi connectivity index (χ4n) is 5.16. The molecule has 0 spiro atoms. The van der Waals surface area contributed by atoms with Gasteiger partial charge in [0.25, 0.3) is 10.0 Å². The Morgan fingerprint density at radius 3 is 2.21 bits per heavy atom. The number of benzene rings is 4. The van der Waals surface area contributed by atoms with Gasteiger partial charge in [-0.2, -0.15) is 0 Å². The van der Waals surface area contributed by atoms with Crippen LogP contribution in [0.4, 0.5) is 5.69 Å². The first-order valence-electron chi connectivity index (χ1n) is 15.8. The second kappa shape index (κ2) is 17.4. The molecule has 48 heavy (non-hydrogen) atoms. The molecule has 254 valence electrons. The van der Waals surface area contributed by atoms with Crippen molar-refractivity contribution in [1.29, 1.82) is 0 Å². The van der Waals surface area contributed by atoms with Crippen LogP contribution in [0.25, 0.3) is 0 Å². The van der Waals surface area contributed by atoms with Crippen LogP contribution in [0.2, 0.25) is 5.02 Å². The predicted octanol–water partition coefficient (Wildman–Crippen LogP) is 7.21. The lowest BCUT2D eigenvalue weighted by atomic mass is 10.0. The van der Waals surface area contributed by atoms with Crippen LogP contribution >= 0.6 is 23.4 Å². The lowest BCUT2D eigenvalue weighted by Gasteiger charge is -2.34. The summed E-state index contributed by atoms with van der Waals surface area (Å²) < 4.78 is 35.8. The average Bonchev–Trinajstić information content (AvgIpc) is 3.09. The topological polar surface area (TPSA) is 96.0 Å². The third kappa shape index (κ3) is 9.55. The van der Waals surface area contributed by atoms with E-state index in [0.29, 0.717) is 22.8 Å². The minimum absolute atomic E-state index is 0.0221. The summed E-state index contributed by atoms with van der Waals surface area (Å²) in [6.45, 7) is 5.40. The van der Waals surface area contributed by atoms with Crippen LogP contribution in [-0.4, -0.2) is 56.6 Å². The molecule has 4 rings (SSSR count). The number of sulfonamides is 1. The van der Waals surface area contributed by atoms with Crippen LogP contribution in [-0.2, 0) is 32.6 Å². The molecule has 0 aliphatic rings. The van der Waals surface area contributed by atoms with E-state index in [-0.39, 0.29) is 42.1 Å². The van der Waals surface area contributed by atoms with Crippen molar-refractivity contribution in [2.45, 2.75) is 62.0 Å². The Bertz CT molecular complexity index is 1770. The number of carbonyl (C=O) groups excluding carboxylic acids is 2. The number of hydrogen-bond donors (Lipinski definition) is 1. The van der Waals surface area contributed by atoms with Gasteiger partial charge in [-0.05, 0) is 86.2 Å². The normalized spacial score (nSPS) is 12.5. The smallest absolute Gasteiger partial charge is 0.264 e. The van der Waals surface area contributed by atoms with Gasteiger partial charge in [0.1, 0.15) is 18.3 Å². The zero-order chi connectivity index (χ0) is 34.7. The summed E-state index contributed by atoms with van der Waals surface area (Å²) in [6, 6.07) is 28.7. The largest absolute Gasteiger partial charge is 0.492 e. The van der Waals surface area contributed by atoms with Crippen molar-refractivity contribution in [2.75, 3.05) is 23.7 Å². The van der Waals surface area contributed by atoms with E-state index < -0.39 is 28.5 Å². The van der Waals surface area contributed by atoms with E-state index in [9.17, 15) is 18.0 Å². The van der Waals surface area contributed by atoms with Crippen molar-refractivity contribution in [2.24, 2.45) is 0 Å². The summed E-state index contributed by atoms with van der Waals surface area (Å²) in [7, 11) is -4.28. The number of carbonyl (C=O) groups is 2. The van der Waals surface area contributed by atoms with E-state index in [1.165, 1.54) is 28.8 Å². The summed E-state index contributed by atoms with van der Waals surface area (Å²) in [5, 5.41) is 3.53. The molecule has 11 heteroatoms. The third-order valence-corrected chi connectivity index (χ3v) is 10.6. The van der Waals surface area contributed by atoms with Crippen LogP contribution in [0.5, 0.6) is 5.75 Å². The SMILES string of the molecule is CCOc1ccccc1N(CC(=O)N(Cc1cccc(Cl)c1)[C@H](Cc1ccccc1)C(=O)N[C@@H](C)CC)S(=O)(=O)c1ccc(SC)cc1. The Labute approximate surface area is 293 Å². The Morgan fingerprint density at radius 1 is 0.896 bits per heavy atom. The van der Waals surface area contributed by atoms with Crippen molar-refractivity contribution in [3.05, 3.63) is 119 Å². The van der Waals surface area contributed by atoms with E-state index in [0.717, 1.165) is 14.8 Å². The number of thioether (sulfide) groups is 1. The third-order valence-electron chi connectivity index (χ3n) is 7.87. The highest BCUT2D eigenvalue weighted by atomic mass is 35.5. The Morgan fingerprint density at radius 2 is 1.56 bits per heavy atom. The van der Waals surface area contributed by atoms with Gasteiger partial charge in [0.05, 0.1) is 17.2 Å². The van der Waals surface area contributed by atoms with Crippen molar-refractivity contribution >= 4 is 50.9 Å². The van der Waals surface area contributed by atoms with Crippen molar-refractivity contribution < 1.29 is 22.7 Å². The lowest BCUT2D eigenvalue weighted by Crippen LogP contribution is -2.54. The Kier molecular flexibility index (Phi) is 13.4. The molecule has 0 heterocycles. The summed E-state index contributed by atoms with van der Waals surface area (Å²) in [4.78, 5) is 31.1. The van der Waals surface area contributed by atoms with E-state index in [4.69, 9.17) is 16.3 Å². The number of para-hydroxylation sites is 2. The molecular formula is C37H42ClN3O5S2. The number of rotatable bonds is 16. The quantitative estimate of drug-likeness (QED) is 0.124. The zero-order valence-corrected chi connectivity index (χ0v) is 30.0. The molecule has 0 aliphatic carbocycles. The molecule has 0 aromatic heterocycles. The van der Waals surface area contributed by atoms with E-state index in [1.54, 1.807) is 61.5 Å². The molecule has 1 N–H and O–H groups in total.